The average Bonchev–Trinajstić information content (AvgIpc) is 2.65. The SMILES string of the molecule is COCCCN1CC2(CCC1=O)CCN(C(=O)Nc1cccc(Cl)c1)CC2. The Labute approximate surface area is 165 Å². The van der Waals surface area contributed by atoms with Gasteiger partial charge >= 0.3 is 6.03 Å². The number of benzene rings is 1. The van der Waals surface area contributed by atoms with Gasteiger partial charge in [0.05, 0.1) is 0 Å². The molecule has 0 atom stereocenters. The summed E-state index contributed by atoms with van der Waals surface area (Å²) >= 11 is 5.98. The standard InChI is InChI=1S/C20H28ClN3O3/c1-27-13-3-10-24-15-20(7-6-18(24)25)8-11-23(12-9-20)19(26)22-17-5-2-4-16(21)14-17/h2,4-5,14H,3,6-13,15H2,1H3,(H,22,26). The third kappa shape index (κ3) is 5.14. The van der Waals surface area contributed by atoms with Crippen molar-refractivity contribution in [3.63, 3.8) is 0 Å². The van der Waals surface area contributed by atoms with Gasteiger partial charge in [0, 0.05) is 57.0 Å². The second kappa shape index (κ2) is 8.93. The summed E-state index contributed by atoms with van der Waals surface area (Å²) in [5, 5.41) is 3.52. The summed E-state index contributed by atoms with van der Waals surface area (Å²) in [5.41, 5.74) is 0.855. The second-order valence-corrected chi connectivity index (χ2v) is 8.03. The highest BCUT2D eigenvalue weighted by Crippen LogP contribution is 2.40. The lowest BCUT2D eigenvalue weighted by Crippen LogP contribution is -2.53. The first-order valence-electron chi connectivity index (χ1n) is 9.60. The first kappa shape index (κ1) is 20.0. The summed E-state index contributed by atoms with van der Waals surface area (Å²) in [4.78, 5) is 28.6. The van der Waals surface area contributed by atoms with Gasteiger partial charge in [-0.1, -0.05) is 17.7 Å². The monoisotopic (exact) mass is 393 g/mol. The fourth-order valence-electron chi connectivity index (χ4n) is 4.07. The van der Waals surface area contributed by atoms with Crippen molar-refractivity contribution in [2.75, 3.05) is 45.2 Å². The van der Waals surface area contributed by atoms with Crippen LogP contribution in [-0.2, 0) is 9.53 Å². The molecule has 2 saturated heterocycles. The number of likely N-dealkylation sites (tertiary alicyclic amines) is 2. The quantitative estimate of drug-likeness (QED) is 0.777. The van der Waals surface area contributed by atoms with E-state index in [9.17, 15) is 9.59 Å². The van der Waals surface area contributed by atoms with Gasteiger partial charge in [-0.05, 0) is 49.3 Å². The lowest BCUT2D eigenvalue weighted by molar-refractivity contribution is -0.139. The van der Waals surface area contributed by atoms with Crippen LogP contribution in [0.5, 0.6) is 0 Å². The van der Waals surface area contributed by atoms with Crippen molar-refractivity contribution in [2.45, 2.75) is 32.1 Å². The number of carbonyl (C=O) groups is 2. The number of hydrogen-bond donors (Lipinski definition) is 1. The number of urea groups is 1. The second-order valence-electron chi connectivity index (χ2n) is 7.59. The minimum absolute atomic E-state index is 0.0871. The van der Waals surface area contributed by atoms with Crippen molar-refractivity contribution in [3.8, 4) is 0 Å². The third-order valence-electron chi connectivity index (χ3n) is 5.71. The first-order valence-corrected chi connectivity index (χ1v) is 9.97. The van der Waals surface area contributed by atoms with Crippen LogP contribution in [0.3, 0.4) is 0 Å². The van der Waals surface area contributed by atoms with Crippen LogP contribution in [0.4, 0.5) is 10.5 Å². The molecule has 27 heavy (non-hydrogen) atoms. The van der Waals surface area contributed by atoms with Gasteiger partial charge in [-0.25, -0.2) is 4.79 Å². The van der Waals surface area contributed by atoms with Crippen LogP contribution in [0.2, 0.25) is 5.02 Å². The number of piperidine rings is 2. The van der Waals surface area contributed by atoms with Crippen LogP contribution in [0.15, 0.2) is 24.3 Å². The third-order valence-corrected chi connectivity index (χ3v) is 5.95. The Kier molecular flexibility index (Phi) is 6.60. The van der Waals surface area contributed by atoms with Gasteiger partial charge in [0.2, 0.25) is 5.91 Å². The lowest BCUT2D eigenvalue weighted by atomic mass is 9.72. The highest BCUT2D eigenvalue weighted by atomic mass is 35.5. The molecule has 0 bridgehead atoms. The molecule has 148 valence electrons. The summed E-state index contributed by atoms with van der Waals surface area (Å²) in [6.45, 7) is 3.67. The average molecular weight is 394 g/mol. The molecular weight excluding hydrogens is 366 g/mol. The molecule has 2 aliphatic heterocycles. The van der Waals surface area contributed by atoms with E-state index in [1.54, 1.807) is 19.2 Å². The van der Waals surface area contributed by atoms with Gasteiger partial charge in [-0.15, -0.1) is 0 Å². The van der Waals surface area contributed by atoms with E-state index in [1.807, 2.05) is 21.9 Å². The molecule has 3 rings (SSSR count). The van der Waals surface area contributed by atoms with Gasteiger partial charge in [-0.2, -0.15) is 0 Å². The van der Waals surface area contributed by atoms with E-state index in [2.05, 4.69) is 5.32 Å². The van der Waals surface area contributed by atoms with E-state index in [-0.39, 0.29) is 17.4 Å². The molecule has 0 aliphatic carbocycles. The molecule has 1 N–H and O–H groups in total. The number of nitrogens with one attached hydrogen (secondary N) is 1. The van der Waals surface area contributed by atoms with Gasteiger partial charge in [0.25, 0.3) is 0 Å². The molecule has 7 heteroatoms. The molecule has 0 radical (unpaired) electrons. The minimum atomic E-state index is -0.0871. The zero-order valence-corrected chi connectivity index (χ0v) is 16.6. The van der Waals surface area contributed by atoms with Gasteiger partial charge in [0.15, 0.2) is 0 Å². The summed E-state index contributed by atoms with van der Waals surface area (Å²) in [5.74, 6) is 0.248. The Balaban J connectivity index is 1.52. The lowest BCUT2D eigenvalue weighted by Gasteiger charge is -2.47. The van der Waals surface area contributed by atoms with E-state index >= 15 is 0 Å². The topological polar surface area (TPSA) is 61.9 Å². The van der Waals surface area contributed by atoms with Crippen LogP contribution in [-0.4, -0.2) is 61.6 Å². The number of amides is 3. The van der Waals surface area contributed by atoms with E-state index in [0.29, 0.717) is 36.8 Å². The molecule has 2 aliphatic rings. The van der Waals surface area contributed by atoms with Crippen LogP contribution in [0, 0.1) is 5.41 Å². The number of nitrogens with zero attached hydrogens (tertiary/aromatic N) is 2. The predicted octanol–water partition coefficient (Wildman–Crippen LogP) is 3.61. The Morgan fingerprint density at radius 3 is 2.78 bits per heavy atom. The van der Waals surface area contributed by atoms with Crippen LogP contribution < -0.4 is 5.32 Å². The molecular formula is C20H28ClN3O3. The largest absolute Gasteiger partial charge is 0.385 e. The van der Waals surface area contributed by atoms with Crippen molar-refractivity contribution in [2.24, 2.45) is 5.41 Å². The van der Waals surface area contributed by atoms with Gasteiger partial charge in [-0.3, -0.25) is 4.79 Å². The molecule has 0 aromatic heterocycles. The molecule has 1 spiro atoms. The number of hydrogen-bond acceptors (Lipinski definition) is 3. The summed E-state index contributed by atoms with van der Waals surface area (Å²) in [7, 11) is 1.68. The fourth-order valence-corrected chi connectivity index (χ4v) is 4.26. The number of anilines is 1. The molecule has 0 saturated carbocycles. The van der Waals surface area contributed by atoms with Gasteiger partial charge < -0.3 is 19.9 Å². The molecule has 0 unspecified atom stereocenters. The molecule has 1 aromatic carbocycles. The number of halogens is 1. The van der Waals surface area contributed by atoms with Crippen LogP contribution in [0.25, 0.3) is 0 Å². The number of carbonyl (C=O) groups excluding carboxylic acids is 2. The Hall–Kier alpha value is -1.79. The highest BCUT2D eigenvalue weighted by molar-refractivity contribution is 6.30. The normalized spacial score (nSPS) is 19.4. The summed E-state index contributed by atoms with van der Waals surface area (Å²) in [6.07, 6.45) is 4.28. The predicted molar refractivity (Wildman–Crippen MR) is 106 cm³/mol. The Morgan fingerprint density at radius 1 is 1.30 bits per heavy atom. The number of methoxy groups -OCH3 is 1. The maximum Gasteiger partial charge on any atom is 0.321 e. The summed E-state index contributed by atoms with van der Waals surface area (Å²) in [6, 6.07) is 7.09. The Morgan fingerprint density at radius 2 is 2.07 bits per heavy atom. The molecule has 2 fully saturated rings. The Bertz CT molecular complexity index is 674. The maximum atomic E-state index is 12.5. The number of rotatable bonds is 5. The van der Waals surface area contributed by atoms with Gasteiger partial charge in [0.1, 0.15) is 0 Å². The van der Waals surface area contributed by atoms with Crippen molar-refractivity contribution in [1.82, 2.24) is 9.80 Å². The van der Waals surface area contributed by atoms with Crippen molar-refractivity contribution < 1.29 is 14.3 Å². The van der Waals surface area contributed by atoms with E-state index in [1.165, 1.54) is 0 Å². The number of ether oxygens (including phenoxy) is 1. The molecule has 6 nitrogen and oxygen atoms in total. The fraction of sp³-hybridized carbons (Fsp3) is 0.600. The smallest absolute Gasteiger partial charge is 0.321 e. The first-order chi connectivity index (χ1) is 13.0. The maximum absolute atomic E-state index is 12.5. The minimum Gasteiger partial charge on any atom is -0.385 e. The summed E-state index contributed by atoms with van der Waals surface area (Å²) < 4.78 is 5.10. The molecule has 2 heterocycles. The van der Waals surface area contributed by atoms with E-state index in [0.717, 1.165) is 38.8 Å². The van der Waals surface area contributed by atoms with Crippen molar-refractivity contribution in [1.29, 1.82) is 0 Å². The van der Waals surface area contributed by atoms with Crippen LogP contribution >= 0.6 is 11.6 Å². The van der Waals surface area contributed by atoms with E-state index < -0.39 is 0 Å². The zero-order chi connectivity index (χ0) is 19.3. The van der Waals surface area contributed by atoms with Crippen LogP contribution in [0.1, 0.15) is 32.1 Å². The van der Waals surface area contributed by atoms with Crippen molar-refractivity contribution >= 4 is 29.2 Å². The molecule has 3 amide bonds. The molecule has 1 aromatic rings. The van der Waals surface area contributed by atoms with E-state index in [4.69, 9.17) is 16.3 Å². The van der Waals surface area contributed by atoms with Crippen molar-refractivity contribution in [3.05, 3.63) is 29.3 Å². The zero-order valence-electron chi connectivity index (χ0n) is 15.9. The highest BCUT2D eigenvalue weighted by Gasteiger charge is 2.41.